The average molecular weight is 313 g/mol. The molecule has 120 valence electrons. The Morgan fingerprint density at radius 3 is 2.65 bits per heavy atom. The smallest absolute Gasteiger partial charge is 0.264 e. The molecule has 1 heterocycles. The lowest BCUT2D eigenvalue weighted by molar-refractivity contribution is -0.130. The standard InChI is InChI=1S/C18H19NO4/c1-21-14-8-6-13(7-9-14)10-11-19-18(20)17-12-22-15-4-2-3-5-16(15)23-17/h2-9,17H,10-12H2,1H3,(H,19,20)/t17-/m1/s1. The molecule has 1 amide bonds. The van der Waals surface area contributed by atoms with Gasteiger partial charge in [-0.05, 0) is 36.2 Å². The predicted molar refractivity (Wildman–Crippen MR) is 86.1 cm³/mol. The number of carbonyl (C=O) groups excluding carboxylic acids is 1. The molecule has 1 N–H and O–H groups in total. The minimum Gasteiger partial charge on any atom is -0.497 e. The molecular formula is C18H19NO4. The Labute approximate surface area is 135 Å². The fourth-order valence-corrected chi connectivity index (χ4v) is 2.38. The first kappa shape index (κ1) is 15.2. The zero-order chi connectivity index (χ0) is 16.1. The van der Waals surface area contributed by atoms with Crippen LogP contribution in [-0.4, -0.2) is 32.3 Å². The Bertz CT molecular complexity index is 669. The summed E-state index contributed by atoms with van der Waals surface area (Å²) in [5, 5.41) is 2.89. The normalized spacial score (nSPS) is 15.8. The molecule has 23 heavy (non-hydrogen) atoms. The van der Waals surface area contributed by atoms with Gasteiger partial charge in [-0.2, -0.15) is 0 Å². The Kier molecular flexibility index (Phi) is 4.66. The molecule has 0 unspecified atom stereocenters. The van der Waals surface area contributed by atoms with Crippen LogP contribution < -0.4 is 19.5 Å². The molecule has 0 saturated heterocycles. The van der Waals surface area contributed by atoms with E-state index in [9.17, 15) is 4.79 Å². The van der Waals surface area contributed by atoms with Crippen molar-refractivity contribution in [1.29, 1.82) is 0 Å². The van der Waals surface area contributed by atoms with Crippen LogP contribution in [0.5, 0.6) is 17.2 Å². The van der Waals surface area contributed by atoms with E-state index in [2.05, 4.69) is 5.32 Å². The second-order valence-corrected chi connectivity index (χ2v) is 5.25. The first-order valence-electron chi connectivity index (χ1n) is 7.55. The molecule has 0 radical (unpaired) electrons. The third kappa shape index (κ3) is 3.74. The third-order valence-corrected chi connectivity index (χ3v) is 3.67. The summed E-state index contributed by atoms with van der Waals surface area (Å²) in [5.41, 5.74) is 1.14. The predicted octanol–water partition coefficient (Wildman–Crippen LogP) is 2.19. The van der Waals surface area contributed by atoms with Gasteiger partial charge in [-0.15, -0.1) is 0 Å². The van der Waals surface area contributed by atoms with Crippen molar-refractivity contribution < 1.29 is 19.0 Å². The van der Waals surface area contributed by atoms with Crippen molar-refractivity contribution in [3.8, 4) is 17.2 Å². The van der Waals surface area contributed by atoms with E-state index in [1.165, 1.54) is 0 Å². The maximum Gasteiger partial charge on any atom is 0.264 e. The summed E-state index contributed by atoms with van der Waals surface area (Å²) in [7, 11) is 1.64. The fraction of sp³-hybridized carbons (Fsp3) is 0.278. The van der Waals surface area contributed by atoms with Gasteiger partial charge in [0, 0.05) is 6.54 Å². The van der Waals surface area contributed by atoms with Gasteiger partial charge in [-0.3, -0.25) is 4.79 Å². The second kappa shape index (κ2) is 7.05. The van der Waals surface area contributed by atoms with E-state index in [4.69, 9.17) is 14.2 Å². The topological polar surface area (TPSA) is 56.8 Å². The van der Waals surface area contributed by atoms with Gasteiger partial charge in [0.25, 0.3) is 5.91 Å². The molecule has 0 aliphatic carbocycles. The summed E-state index contributed by atoms with van der Waals surface area (Å²) < 4.78 is 16.3. The highest BCUT2D eigenvalue weighted by molar-refractivity contribution is 5.81. The van der Waals surface area contributed by atoms with Gasteiger partial charge in [0.2, 0.25) is 6.10 Å². The number of nitrogens with one attached hydrogen (secondary N) is 1. The van der Waals surface area contributed by atoms with Crippen LogP contribution in [0.4, 0.5) is 0 Å². The molecule has 0 aromatic heterocycles. The molecule has 5 nitrogen and oxygen atoms in total. The summed E-state index contributed by atoms with van der Waals surface area (Å²) in [6, 6.07) is 15.1. The minimum atomic E-state index is -0.610. The lowest BCUT2D eigenvalue weighted by Crippen LogP contribution is -2.44. The molecule has 1 aliphatic rings. The van der Waals surface area contributed by atoms with Crippen LogP contribution in [0.25, 0.3) is 0 Å². The molecule has 1 atom stereocenters. The summed E-state index contributed by atoms with van der Waals surface area (Å²) in [6.07, 6.45) is 0.139. The van der Waals surface area contributed by atoms with Crippen LogP contribution in [0.15, 0.2) is 48.5 Å². The SMILES string of the molecule is COc1ccc(CCNC(=O)[C@H]2COc3ccccc3O2)cc1. The van der Waals surface area contributed by atoms with E-state index < -0.39 is 6.10 Å². The first-order chi connectivity index (χ1) is 11.3. The number of hydrogen-bond acceptors (Lipinski definition) is 4. The van der Waals surface area contributed by atoms with E-state index in [1.807, 2.05) is 42.5 Å². The average Bonchev–Trinajstić information content (AvgIpc) is 2.61. The highest BCUT2D eigenvalue weighted by Crippen LogP contribution is 2.30. The minimum absolute atomic E-state index is 0.159. The Balaban J connectivity index is 1.48. The summed E-state index contributed by atoms with van der Waals surface area (Å²) in [6.45, 7) is 0.776. The van der Waals surface area contributed by atoms with Gasteiger partial charge in [0.05, 0.1) is 7.11 Å². The van der Waals surface area contributed by atoms with E-state index in [1.54, 1.807) is 13.2 Å². The Hall–Kier alpha value is -2.69. The molecule has 0 fully saturated rings. The van der Waals surface area contributed by atoms with E-state index in [0.717, 1.165) is 17.7 Å². The number of amides is 1. The van der Waals surface area contributed by atoms with Crippen molar-refractivity contribution in [2.24, 2.45) is 0 Å². The number of carbonyl (C=O) groups is 1. The van der Waals surface area contributed by atoms with Crippen molar-refractivity contribution >= 4 is 5.91 Å². The van der Waals surface area contributed by atoms with E-state index in [-0.39, 0.29) is 12.5 Å². The third-order valence-electron chi connectivity index (χ3n) is 3.67. The van der Waals surface area contributed by atoms with Crippen LogP contribution >= 0.6 is 0 Å². The van der Waals surface area contributed by atoms with Crippen LogP contribution in [0.1, 0.15) is 5.56 Å². The van der Waals surface area contributed by atoms with Crippen molar-refractivity contribution in [2.45, 2.75) is 12.5 Å². The van der Waals surface area contributed by atoms with Crippen molar-refractivity contribution in [3.05, 3.63) is 54.1 Å². The summed E-state index contributed by atoms with van der Waals surface area (Å²) in [5.74, 6) is 1.95. The zero-order valence-electron chi connectivity index (χ0n) is 13.0. The van der Waals surface area contributed by atoms with Crippen LogP contribution in [-0.2, 0) is 11.2 Å². The molecular weight excluding hydrogens is 294 g/mol. The van der Waals surface area contributed by atoms with E-state index >= 15 is 0 Å². The Morgan fingerprint density at radius 1 is 1.17 bits per heavy atom. The van der Waals surface area contributed by atoms with Gasteiger partial charge >= 0.3 is 0 Å². The lowest BCUT2D eigenvalue weighted by Gasteiger charge is -2.25. The maximum absolute atomic E-state index is 12.2. The van der Waals surface area contributed by atoms with Crippen LogP contribution in [0.2, 0.25) is 0 Å². The van der Waals surface area contributed by atoms with Gasteiger partial charge in [-0.25, -0.2) is 0 Å². The van der Waals surface area contributed by atoms with Crippen molar-refractivity contribution in [3.63, 3.8) is 0 Å². The number of hydrogen-bond donors (Lipinski definition) is 1. The Morgan fingerprint density at radius 2 is 1.91 bits per heavy atom. The number of methoxy groups -OCH3 is 1. The van der Waals surface area contributed by atoms with Gasteiger partial charge in [0.1, 0.15) is 12.4 Å². The molecule has 0 spiro atoms. The van der Waals surface area contributed by atoms with Crippen LogP contribution in [0, 0.1) is 0 Å². The summed E-state index contributed by atoms with van der Waals surface area (Å²) >= 11 is 0. The van der Waals surface area contributed by atoms with Gasteiger partial charge < -0.3 is 19.5 Å². The quantitative estimate of drug-likeness (QED) is 0.919. The molecule has 5 heteroatoms. The van der Waals surface area contributed by atoms with Crippen molar-refractivity contribution in [1.82, 2.24) is 5.32 Å². The summed E-state index contributed by atoms with van der Waals surface area (Å²) in [4.78, 5) is 12.2. The molecule has 2 aromatic rings. The van der Waals surface area contributed by atoms with Gasteiger partial charge in [-0.1, -0.05) is 24.3 Å². The number of para-hydroxylation sites is 2. The lowest BCUT2D eigenvalue weighted by atomic mass is 10.1. The molecule has 1 aliphatic heterocycles. The number of fused-ring (bicyclic) bond motifs is 1. The van der Waals surface area contributed by atoms with Crippen LogP contribution in [0.3, 0.4) is 0 Å². The van der Waals surface area contributed by atoms with Gasteiger partial charge in [0.15, 0.2) is 11.5 Å². The first-order valence-corrected chi connectivity index (χ1v) is 7.55. The van der Waals surface area contributed by atoms with Crippen molar-refractivity contribution in [2.75, 3.05) is 20.3 Å². The second-order valence-electron chi connectivity index (χ2n) is 5.25. The van der Waals surface area contributed by atoms with E-state index in [0.29, 0.717) is 18.0 Å². The molecule has 0 bridgehead atoms. The maximum atomic E-state index is 12.2. The molecule has 3 rings (SSSR count). The monoisotopic (exact) mass is 313 g/mol. The fourth-order valence-electron chi connectivity index (χ4n) is 2.38. The zero-order valence-corrected chi connectivity index (χ0v) is 13.0. The molecule has 2 aromatic carbocycles. The number of ether oxygens (including phenoxy) is 3. The largest absolute Gasteiger partial charge is 0.497 e. The highest BCUT2D eigenvalue weighted by atomic mass is 16.6. The highest BCUT2D eigenvalue weighted by Gasteiger charge is 2.26. The number of benzene rings is 2. The molecule has 0 saturated carbocycles. The number of rotatable bonds is 5.